The predicted molar refractivity (Wildman–Crippen MR) is 110 cm³/mol. The average molecular weight is 447 g/mol. The van der Waals surface area contributed by atoms with Crippen molar-refractivity contribution in [2.24, 2.45) is 5.11 Å². The lowest BCUT2D eigenvalue weighted by Gasteiger charge is -2.53. The molecule has 2 fully saturated rings. The Hall–Kier alpha value is -1.43. The molecular formula is C18H34N4O7Si. The van der Waals surface area contributed by atoms with Crippen LogP contribution in [-0.4, -0.2) is 56.4 Å². The maximum atomic E-state index is 11.1. The summed E-state index contributed by atoms with van der Waals surface area (Å²) in [6.07, 6.45) is -3.46. The van der Waals surface area contributed by atoms with Crippen molar-refractivity contribution in [1.82, 2.24) is 0 Å². The minimum Gasteiger partial charge on any atom is -0.410 e. The van der Waals surface area contributed by atoms with E-state index in [0.29, 0.717) is 0 Å². The molecule has 2 heterocycles. The van der Waals surface area contributed by atoms with Gasteiger partial charge in [-0.15, -0.1) is 10.1 Å². The topological polar surface area (TPSA) is 138 Å². The van der Waals surface area contributed by atoms with Crippen molar-refractivity contribution in [3.05, 3.63) is 20.6 Å². The molecule has 2 aliphatic rings. The van der Waals surface area contributed by atoms with E-state index in [1.807, 2.05) is 0 Å². The molecule has 0 saturated carbocycles. The van der Waals surface area contributed by atoms with Crippen LogP contribution < -0.4 is 0 Å². The fourth-order valence-electron chi connectivity index (χ4n) is 4.95. The number of rotatable bonds is 8. The summed E-state index contributed by atoms with van der Waals surface area (Å²) in [5.74, 6) is -0.901. The molecule has 0 N–H and O–H groups in total. The van der Waals surface area contributed by atoms with Crippen LogP contribution in [0.15, 0.2) is 5.11 Å². The second kappa shape index (κ2) is 9.37. The maximum absolute atomic E-state index is 11.1. The van der Waals surface area contributed by atoms with Crippen LogP contribution in [0.3, 0.4) is 0 Å². The second-order valence-corrected chi connectivity index (χ2v) is 14.7. The molecule has 2 aliphatic heterocycles. The van der Waals surface area contributed by atoms with Gasteiger partial charge >= 0.3 is 0 Å². The Morgan fingerprint density at radius 1 is 1.20 bits per heavy atom. The van der Waals surface area contributed by atoms with Gasteiger partial charge in [0.25, 0.3) is 5.09 Å². The predicted octanol–water partition coefficient (Wildman–Crippen LogP) is 4.31. The molecule has 1 unspecified atom stereocenters. The van der Waals surface area contributed by atoms with E-state index in [1.54, 1.807) is 13.8 Å². The average Bonchev–Trinajstić information content (AvgIpc) is 2.60. The molecule has 0 amide bonds. The molecule has 0 bridgehead atoms. The third-order valence-electron chi connectivity index (χ3n) is 6.05. The first-order chi connectivity index (χ1) is 13.9. The summed E-state index contributed by atoms with van der Waals surface area (Å²) in [5, 5.41) is 13.9. The van der Waals surface area contributed by atoms with Crippen molar-refractivity contribution >= 4 is 8.32 Å². The van der Waals surface area contributed by atoms with Gasteiger partial charge in [0.15, 0.2) is 5.79 Å². The number of hydrogen-bond donors (Lipinski definition) is 0. The van der Waals surface area contributed by atoms with E-state index < -0.39 is 49.8 Å². The van der Waals surface area contributed by atoms with Crippen LogP contribution in [0, 0.1) is 10.1 Å². The normalized spacial score (nSPS) is 31.4. The summed E-state index contributed by atoms with van der Waals surface area (Å²) in [4.78, 5) is 18.7. The van der Waals surface area contributed by atoms with Gasteiger partial charge in [-0.25, -0.2) is 0 Å². The molecule has 12 heteroatoms. The van der Waals surface area contributed by atoms with E-state index in [2.05, 4.69) is 51.6 Å². The van der Waals surface area contributed by atoms with Crippen molar-refractivity contribution in [3.8, 4) is 0 Å². The van der Waals surface area contributed by atoms with Gasteiger partial charge in [-0.2, -0.15) is 0 Å². The lowest BCUT2D eigenvalue weighted by molar-refractivity contribution is -0.784. The van der Waals surface area contributed by atoms with Gasteiger partial charge < -0.3 is 18.6 Å². The summed E-state index contributed by atoms with van der Waals surface area (Å²) in [5.41, 5.74) is 9.91. The monoisotopic (exact) mass is 446 g/mol. The third-order valence-corrected chi connectivity index (χ3v) is 12.1. The first-order valence-corrected chi connectivity index (χ1v) is 12.5. The Balaban J connectivity index is 2.55. The van der Waals surface area contributed by atoms with Crippen LogP contribution in [-0.2, 0) is 23.5 Å². The largest absolute Gasteiger partial charge is 0.410 e. The molecule has 2 rings (SSSR count). The zero-order valence-corrected chi connectivity index (χ0v) is 20.0. The van der Waals surface area contributed by atoms with E-state index >= 15 is 0 Å². The highest BCUT2D eigenvalue weighted by Crippen LogP contribution is 2.46. The van der Waals surface area contributed by atoms with Gasteiger partial charge in [-0.1, -0.05) is 46.7 Å². The molecule has 0 aromatic carbocycles. The number of nitrogens with zero attached hydrogens (tertiary/aromatic N) is 4. The molecule has 11 nitrogen and oxygen atoms in total. The Kier molecular flexibility index (Phi) is 7.76. The highest BCUT2D eigenvalue weighted by molar-refractivity contribution is 6.77. The number of azide groups is 1. The van der Waals surface area contributed by atoms with Crippen LogP contribution in [0.1, 0.15) is 55.4 Å². The second-order valence-electron chi connectivity index (χ2n) is 9.26. The van der Waals surface area contributed by atoms with Gasteiger partial charge in [-0.05, 0) is 36.0 Å². The Labute approximate surface area is 178 Å². The third kappa shape index (κ3) is 4.89. The minimum atomic E-state index is -2.46. The van der Waals surface area contributed by atoms with E-state index in [-0.39, 0.29) is 23.2 Å². The van der Waals surface area contributed by atoms with Crippen molar-refractivity contribution in [1.29, 1.82) is 0 Å². The number of fused-ring (bicyclic) bond motifs is 1. The van der Waals surface area contributed by atoms with Gasteiger partial charge in [0, 0.05) is 4.91 Å². The first kappa shape index (κ1) is 24.8. The Morgan fingerprint density at radius 2 is 1.77 bits per heavy atom. The smallest absolute Gasteiger partial charge is 0.297 e. The van der Waals surface area contributed by atoms with Crippen molar-refractivity contribution in [2.75, 3.05) is 6.61 Å². The van der Waals surface area contributed by atoms with E-state index in [1.165, 1.54) is 0 Å². The molecule has 0 radical (unpaired) electrons. The molecule has 2 saturated heterocycles. The molecule has 5 atom stereocenters. The highest BCUT2D eigenvalue weighted by Gasteiger charge is 2.57. The summed E-state index contributed by atoms with van der Waals surface area (Å²) in [6, 6.07) is -1.08. The van der Waals surface area contributed by atoms with E-state index in [4.69, 9.17) is 23.5 Å². The van der Waals surface area contributed by atoms with Gasteiger partial charge in [0.1, 0.15) is 18.2 Å². The summed E-state index contributed by atoms with van der Waals surface area (Å²) in [7, 11) is -2.46. The van der Waals surface area contributed by atoms with Crippen molar-refractivity contribution in [2.45, 2.75) is 108 Å². The molecule has 0 spiro atoms. The summed E-state index contributed by atoms with van der Waals surface area (Å²) < 4.78 is 24.5. The Morgan fingerprint density at radius 3 is 2.23 bits per heavy atom. The van der Waals surface area contributed by atoms with Crippen LogP contribution in [0.25, 0.3) is 10.4 Å². The van der Waals surface area contributed by atoms with Crippen LogP contribution in [0.5, 0.6) is 0 Å². The van der Waals surface area contributed by atoms with E-state index in [0.717, 1.165) is 0 Å². The fourth-order valence-corrected chi connectivity index (χ4v) is 10.5. The van der Waals surface area contributed by atoms with Crippen molar-refractivity contribution < 1.29 is 28.6 Å². The lowest BCUT2D eigenvalue weighted by Crippen LogP contribution is -2.67. The van der Waals surface area contributed by atoms with Crippen LogP contribution in [0.4, 0.5) is 0 Å². The molecule has 0 aromatic rings. The SMILES string of the molecule is CC(C)[Si](O[C@H]1[C@@H]2OC(C)(C)OC[C@H]2OC(O[N+](=O)[O-])[C@@H]1N=[N+]=[N-])(C(C)C)C(C)C. The van der Waals surface area contributed by atoms with Gasteiger partial charge in [-0.3, -0.25) is 4.84 Å². The van der Waals surface area contributed by atoms with Crippen molar-refractivity contribution in [3.63, 3.8) is 0 Å². The zero-order chi connectivity index (χ0) is 22.9. The van der Waals surface area contributed by atoms with Crippen LogP contribution in [0.2, 0.25) is 16.6 Å². The zero-order valence-electron chi connectivity index (χ0n) is 19.0. The van der Waals surface area contributed by atoms with Crippen LogP contribution >= 0.6 is 0 Å². The molecular weight excluding hydrogens is 412 g/mol. The maximum Gasteiger partial charge on any atom is 0.297 e. The number of hydrogen-bond acceptors (Lipinski definition) is 8. The summed E-state index contributed by atoms with van der Waals surface area (Å²) in [6.45, 7) is 16.5. The summed E-state index contributed by atoms with van der Waals surface area (Å²) >= 11 is 0. The molecule has 30 heavy (non-hydrogen) atoms. The number of ether oxygens (including phenoxy) is 3. The molecule has 0 aromatic heterocycles. The molecule has 172 valence electrons. The fraction of sp³-hybridized carbons (Fsp3) is 1.00. The van der Waals surface area contributed by atoms with E-state index in [9.17, 15) is 15.6 Å². The molecule has 0 aliphatic carbocycles. The van der Waals surface area contributed by atoms with Gasteiger partial charge in [0.05, 0.1) is 12.7 Å². The quantitative estimate of drug-likeness (QED) is 0.135. The van der Waals surface area contributed by atoms with Gasteiger partial charge in [0.2, 0.25) is 14.6 Å². The minimum absolute atomic E-state index is 0.150. The Bertz CT molecular complexity index is 647. The lowest BCUT2D eigenvalue weighted by atomic mass is 9.96. The standard InChI is InChI=1S/C18H34N4O7Si/c1-10(2)30(11(3)4,12(5)6)29-16-14(20-21-19)17(28-22(23)24)26-13-9-25-18(7,8)27-15(13)16/h10-17H,9H2,1-8H3/t13-,14-,15-,16-,17?/m1/s1. The first-order valence-electron chi connectivity index (χ1n) is 10.4. The highest BCUT2D eigenvalue weighted by atomic mass is 28.4.